The lowest BCUT2D eigenvalue weighted by Crippen LogP contribution is -2.44. The number of aryl methyl sites for hydroxylation is 1. The molecule has 1 aromatic heterocycles. The number of amides is 1. The Hall–Kier alpha value is -1.36. The highest BCUT2D eigenvalue weighted by molar-refractivity contribution is 5.81. The van der Waals surface area contributed by atoms with Crippen molar-refractivity contribution in [2.45, 2.75) is 32.9 Å². The molecule has 2 unspecified atom stereocenters. The summed E-state index contributed by atoms with van der Waals surface area (Å²) >= 11 is 0. The Balaban J connectivity index is 2.60. The first-order chi connectivity index (χ1) is 7.97. The number of nitrogens with zero attached hydrogens (tertiary/aromatic N) is 3. The van der Waals surface area contributed by atoms with Crippen molar-refractivity contribution in [3.63, 3.8) is 0 Å². The molecule has 1 heterocycles. The van der Waals surface area contributed by atoms with Gasteiger partial charge in [0, 0.05) is 33.0 Å². The van der Waals surface area contributed by atoms with Gasteiger partial charge in [0.2, 0.25) is 5.91 Å². The van der Waals surface area contributed by atoms with Gasteiger partial charge in [-0.05, 0) is 20.8 Å². The van der Waals surface area contributed by atoms with Gasteiger partial charge in [-0.15, -0.1) is 0 Å². The molecule has 0 aliphatic heterocycles. The lowest BCUT2D eigenvalue weighted by Gasteiger charge is -2.23. The van der Waals surface area contributed by atoms with Gasteiger partial charge in [-0.3, -0.25) is 10.1 Å². The van der Waals surface area contributed by atoms with Crippen LogP contribution in [0.4, 0.5) is 0 Å². The van der Waals surface area contributed by atoms with E-state index in [1.807, 2.05) is 45.6 Å². The van der Waals surface area contributed by atoms with Gasteiger partial charge in [-0.1, -0.05) is 0 Å². The number of aromatic nitrogens is 2. The van der Waals surface area contributed by atoms with Crippen LogP contribution in [0.2, 0.25) is 0 Å². The normalized spacial score (nSPS) is 14.4. The van der Waals surface area contributed by atoms with Gasteiger partial charge in [0.15, 0.2) is 0 Å². The summed E-state index contributed by atoms with van der Waals surface area (Å²) in [7, 11) is 3.76. The van der Waals surface area contributed by atoms with E-state index in [9.17, 15) is 4.79 Å². The van der Waals surface area contributed by atoms with Crippen molar-refractivity contribution in [1.82, 2.24) is 19.8 Å². The van der Waals surface area contributed by atoms with Crippen LogP contribution >= 0.6 is 0 Å². The number of likely N-dealkylation sites (N-methyl/N-ethyl adjacent to an activating group) is 1. The fourth-order valence-corrected chi connectivity index (χ4v) is 1.80. The van der Waals surface area contributed by atoms with Gasteiger partial charge in [-0.2, -0.15) is 0 Å². The molecular weight excluding hydrogens is 216 g/mol. The molecule has 0 aliphatic rings. The summed E-state index contributed by atoms with van der Waals surface area (Å²) < 4.78 is 1.96. The summed E-state index contributed by atoms with van der Waals surface area (Å²) in [5.41, 5.74) is 0. The van der Waals surface area contributed by atoms with Crippen LogP contribution in [0.3, 0.4) is 0 Å². The minimum absolute atomic E-state index is 0.0548. The van der Waals surface area contributed by atoms with E-state index in [4.69, 9.17) is 0 Å². The van der Waals surface area contributed by atoms with Gasteiger partial charge in [0.25, 0.3) is 0 Å². The molecule has 0 saturated carbocycles. The smallest absolute Gasteiger partial charge is 0.239 e. The zero-order valence-electron chi connectivity index (χ0n) is 11.3. The van der Waals surface area contributed by atoms with Crippen molar-refractivity contribution in [1.29, 1.82) is 0 Å². The first-order valence-electron chi connectivity index (χ1n) is 5.95. The number of rotatable bonds is 5. The van der Waals surface area contributed by atoms with E-state index < -0.39 is 0 Å². The highest BCUT2D eigenvalue weighted by Crippen LogP contribution is 2.09. The van der Waals surface area contributed by atoms with E-state index in [-0.39, 0.29) is 18.0 Å². The summed E-state index contributed by atoms with van der Waals surface area (Å²) in [5, 5.41) is 3.26. The SMILES string of the molecule is CCN(C)C(=O)C(C)NC(C)c1nccn1C. The number of hydrogen-bond acceptors (Lipinski definition) is 3. The Kier molecular flexibility index (Phi) is 4.69. The highest BCUT2D eigenvalue weighted by atomic mass is 16.2. The van der Waals surface area contributed by atoms with Crippen LogP contribution in [0.5, 0.6) is 0 Å². The van der Waals surface area contributed by atoms with Crippen LogP contribution in [0, 0.1) is 0 Å². The van der Waals surface area contributed by atoms with Crippen molar-refractivity contribution >= 4 is 5.91 Å². The van der Waals surface area contributed by atoms with Crippen LogP contribution < -0.4 is 5.32 Å². The molecule has 5 heteroatoms. The van der Waals surface area contributed by atoms with E-state index >= 15 is 0 Å². The summed E-state index contributed by atoms with van der Waals surface area (Å²) in [4.78, 5) is 17.9. The molecule has 0 bridgehead atoms. The Morgan fingerprint density at radius 1 is 1.59 bits per heavy atom. The van der Waals surface area contributed by atoms with Crippen LogP contribution in [0.1, 0.15) is 32.6 Å². The van der Waals surface area contributed by atoms with Crippen molar-refractivity contribution in [3.05, 3.63) is 18.2 Å². The predicted molar refractivity (Wildman–Crippen MR) is 67.5 cm³/mol. The molecule has 2 atom stereocenters. The molecule has 0 aromatic carbocycles. The summed E-state index contributed by atoms with van der Waals surface area (Å²) in [6.45, 7) is 6.58. The minimum atomic E-state index is -0.202. The third-order valence-electron chi connectivity index (χ3n) is 2.97. The highest BCUT2D eigenvalue weighted by Gasteiger charge is 2.20. The van der Waals surface area contributed by atoms with Crippen molar-refractivity contribution in [3.8, 4) is 0 Å². The van der Waals surface area contributed by atoms with Gasteiger partial charge < -0.3 is 9.47 Å². The third kappa shape index (κ3) is 3.30. The lowest BCUT2D eigenvalue weighted by molar-refractivity contribution is -0.131. The van der Waals surface area contributed by atoms with Gasteiger partial charge in [-0.25, -0.2) is 4.98 Å². The topological polar surface area (TPSA) is 50.2 Å². The molecule has 1 aromatic rings. The molecular formula is C12H22N4O. The standard InChI is InChI=1S/C12H22N4O/c1-6-15(4)12(17)10(3)14-9(2)11-13-7-8-16(11)5/h7-10,14H,6H2,1-5H3. The van der Waals surface area contributed by atoms with Crippen LogP contribution in [0.25, 0.3) is 0 Å². The number of carbonyl (C=O) groups is 1. The zero-order chi connectivity index (χ0) is 13.0. The first kappa shape index (κ1) is 13.7. The summed E-state index contributed by atoms with van der Waals surface area (Å²) in [5.74, 6) is 1.04. The average molecular weight is 238 g/mol. The third-order valence-corrected chi connectivity index (χ3v) is 2.97. The number of imidazole rings is 1. The predicted octanol–water partition coefficient (Wildman–Crippen LogP) is 0.937. The number of nitrogens with one attached hydrogen (secondary N) is 1. The fraction of sp³-hybridized carbons (Fsp3) is 0.667. The van der Waals surface area contributed by atoms with Gasteiger partial charge in [0.05, 0.1) is 12.1 Å². The first-order valence-corrected chi connectivity index (χ1v) is 5.95. The summed E-state index contributed by atoms with van der Waals surface area (Å²) in [6.07, 6.45) is 3.66. The van der Waals surface area contributed by atoms with Crippen molar-refractivity contribution < 1.29 is 4.79 Å². The maximum absolute atomic E-state index is 11.9. The number of carbonyl (C=O) groups excluding carboxylic acids is 1. The molecule has 0 spiro atoms. The Bertz CT molecular complexity index is 374. The average Bonchev–Trinajstić information content (AvgIpc) is 2.73. The Morgan fingerprint density at radius 2 is 2.24 bits per heavy atom. The molecule has 0 saturated heterocycles. The fourth-order valence-electron chi connectivity index (χ4n) is 1.80. The minimum Gasteiger partial charge on any atom is -0.345 e. The molecule has 96 valence electrons. The second-order valence-electron chi connectivity index (χ2n) is 4.36. The molecule has 1 N–H and O–H groups in total. The van der Waals surface area contributed by atoms with Gasteiger partial charge >= 0.3 is 0 Å². The lowest BCUT2D eigenvalue weighted by atomic mass is 10.2. The van der Waals surface area contributed by atoms with E-state index in [1.165, 1.54) is 0 Å². The van der Waals surface area contributed by atoms with Gasteiger partial charge in [0.1, 0.15) is 5.82 Å². The molecule has 17 heavy (non-hydrogen) atoms. The van der Waals surface area contributed by atoms with E-state index in [1.54, 1.807) is 11.1 Å². The van der Waals surface area contributed by atoms with E-state index in [0.29, 0.717) is 0 Å². The molecule has 5 nitrogen and oxygen atoms in total. The number of hydrogen-bond donors (Lipinski definition) is 1. The molecule has 0 radical (unpaired) electrons. The second-order valence-corrected chi connectivity index (χ2v) is 4.36. The zero-order valence-corrected chi connectivity index (χ0v) is 11.3. The molecule has 1 rings (SSSR count). The molecule has 0 fully saturated rings. The Morgan fingerprint density at radius 3 is 2.71 bits per heavy atom. The molecule has 0 aliphatic carbocycles. The van der Waals surface area contributed by atoms with E-state index in [0.717, 1.165) is 12.4 Å². The quantitative estimate of drug-likeness (QED) is 0.830. The molecule has 1 amide bonds. The van der Waals surface area contributed by atoms with Crippen molar-refractivity contribution in [2.24, 2.45) is 7.05 Å². The maximum Gasteiger partial charge on any atom is 0.239 e. The largest absolute Gasteiger partial charge is 0.345 e. The monoisotopic (exact) mass is 238 g/mol. The van der Waals surface area contributed by atoms with Crippen molar-refractivity contribution in [2.75, 3.05) is 13.6 Å². The van der Waals surface area contributed by atoms with Crippen LogP contribution in [0.15, 0.2) is 12.4 Å². The van der Waals surface area contributed by atoms with Crippen LogP contribution in [-0.2, 0) is 11.8 Å². The summed E-state index contributed by atoms with van der Waals surface area (Å²) in [6, 6.07) is -0.147. The second kappa shape index (κ2) is 5.82. The maximum atomic E-state index is 11.9. The van der Waals surface area contributed by atoms with E-state index in [2.05, 4.69) is 10.3 Å². The Labute approximate surface area is 103 Å². The van der Waals surface area contributed by atoms with Crippen LogP contribution in [-0.4, -0.2) is 40.0 Å².